The van der Waals surface area contributed by atoms with Crippen molar-refractivity contribution in [3.8, 4) is 6.07 Å². The standard InChI is InChI=1S/C11H12N2O4/c1-17-11(16)8-4-2-3-7(13-8)10(15)9(14)5-6-12/h2-4,9-10,14-15H,5H2,1H3. The summed E-state index contributed by atoms with van der Waals surface area (Å²) >= 11 is 0. The molecule has 0 amide bonds. The zero-order valence-corrected chi connectivity index (χ0v) is 9.20. The Bertz CT molecular complexity index is 441. The zero-order valence-electron chi connectivity index (χ0n) is 9.20. The first-order valence-electron chi connectivity index (χ1n) is 4.88. The van der Waals surface area contributed by atoms with Crippen LogP contribution >= 0.6 is 0 Å². The van der Waals surface area contributed by atoms with E-state index in [1.54, 1.807) is 6.07 Å². The highest BCUT2D eigenvalue weighted by molar-refractivity contribution is 5.87. The maximum atomic E-state index is 11.2. The number of aromatic nitrogens is 1. The van der Waals surface area contributed by atoms with Gasteiger partial charge in [-0.1, -0.05) is 6.07 Å². The molecule has 0 saturated heterocycles. The molecule has 6 nitrogen and oxygen atoms in total. The van der Waals surface area contributed by atoms with Crippen LogP contribution in [0.3, 0.4) is 0 Å². The van der Waals surface area contributed by atoms with Gasteiger partial charge >= 0.3 is 5.97 Å². The zero-order chi connectivity index (χ0) is 12.8. The number of pyridine rings is 1. The molecule has 1 rings (SSSR count). The average molecular weight is 236 g/mol. The third-order valence-electron chi connectivity index (χ3n) is 2.13. The van der Waals surface area contributed by atoms with Crippen LogP contribution in [0.2, 0.25) is 0 Å². The van der Waals surface area contributed by atoms with Crippen LogP contribution in [0.1, 0.15) is 28.7 Å². The number of methoxy groups -OCH3 is 1. The van der Waals surface area contributed by atoms with Crippen LogP contribution in [0.4, 0.5) is 0 Å². The number of hydrogen-bond acceptors (Lipinski definition) is 6. The van der Waals surface area contributed by atoms with Crippen molar-refractivity contribution in [2.75, 3.05) is 7.11 Å². The minimum atomic E-state index is -1.31. The second kappa shape index (κ2) is 5.94. The summed E-state index contributed by atoms with van der Waals surface area (Å²) in [7, 11) is 1.22. The lowest BCUT2D eigenvalue weighted by Crippen LogP contribution is -2.19. The number of rotatable bonds is 4. The highest BCUT2D eigenvalue weighted by Gasteiger charge is 2.20. The van der Waals surface area contributed by atoms with E-state index >= 15 is 0 Å². The quantitative estimate of drug-likeness (QED) is 0.722. The molecule has 2 unspecified atom stereocenters. The first-order valence-corrected chi connectivity index (χ1v) is 4.88. The number of aliphatic hydroxyl groups excluding tert-OH is 2. The van der Waals surface area contributed by atoms with E-state index in [4.69, 9.17) is 5.26 Å². The van der Waals surface area contributed by atoms with E-state index in [2.05, 4.69) is 9.72 Å². The van der Waals surface area contributed by atoms with Gasteiger partial charge in [-0.25, -0.2) is 9.78 Å². The molecule has 0 aliphatic carbocycles. The fraction of sp³-hybridized carbons (Fsp3) is 0.364. The van der Waals surface area contributed by atoms with E-state index in [-0.39, 0.29) is 17.8 Å². The van der Waals surface area contributed by atoms with E-state index in [0.29, 0.717) is 0 Å². The van der Waals surface area contributed by atoms with Gasteiger partial charge in [0.25, 0.3) is 0 Å². The Balaban J connectivity index is 2.92. The van der Waals surface area contributed by atoms with Gasteiger partial charge in [0.15, 0.2) is 0 Å². The summed E-state index contributed by atoms with van der Waals surface area (Å²) in [5.74, 6) is -0.631. The Morgan fingerprint density at radius 3 is 2.88 bits per heavy atom. The van der Waals surface area contributed by atoms with Crippen molar-refractivity contribution in [1.29, 1.82) is 5.26 Å². The van der Waals surface area contributed by atoms with Crippen molar-refractivity contribution in [3.63, 3.8) is 0 Å². The second-order valence-corrected chi connectivity index (χ2v) is 3.31. The van der Waals surface area contributed by atoms with Gasteiger partial charge in [0, 0.05) is 0 Å². The topological polar surface area (TPSA) is 103 Å². The molecule has 1 aromatic heterocycles. The predicted octanol–water partition coefficient (Wildman–Crippen LogP) is 0.176. The predicted molar refractivity (Wildman–Crippen MR) is 56.8 cm³/mol. The lowest BCUT2D eigenvalue weighted by atomic mass is 10.1. The molecule has 0 bridgehead atoms. The lowest BCUT2D eigenvalue weighted by Gasteiger charge is -2.14. The van der Waals surface area contributed by atoms with Gasteiger partial charge < -0.3 is 14.9 Å². The van der Waals surface area contributed by atoms with Crippen molar-refractivity contribution in [1.82, 2.24) is 4.98 Å². The molecule has 90 valence electrons. The smallest absolute Gasteiger partial charge is 0.356 e. The van der Waals surface area contributed by atoms with Gasteiger partial charge in [-0.2, -0.15) is 5.26 Å². The number of nitriles is 1. The Morgan fingerprint density at radius 1 is 1.59 bits per heavy atom. The molecule has 0 aliphatic rings. The normalized spacial score (nSPS) is 13.5. The number of esters is 1. The summed E-state index contributed by atoms with van der Waals surface area (Å²) in [4.78, 5) is 15.1. The summed E-state index contributed by atoms with van der Waals surface area (Å²) < 4.78 is 4.48. The maximum absolute atomic E-state index is 11.2. The summed E-state index contributed by atoms with van der Waals surface area (Å²) in [6.07, 6.45) is -2.76. The van der Waals surface area contributed by atoms with Crippen LogP contribution in [0.15, 0.2) is 18.2 Å². The SMILES string of the molecule is COC(=O)c1cccc(C(O)C(O)CC#N)n1. The van der Waals surface area contributed by atoms with E-state index in [1.165, 1.54) is 25.3 Å². The monoisotopic (exact) mass is 236 g/mol. The van der Waals surface area contributed by atoms with Crippen molar-refractivity contribution < 1.29 is 19.7 Å². The van der Waals surface area contributed by atoms with Gasteiger partial charge in [0.1, 0.15) is 11.8 Å². The van der Waals surface area contributed by atoms with Crippen molar-refractivity contribution >= 4 is 5.97 Å². The summed E-state index contributed by atoms with van der Waals surface area (Å²) in [6, 6.07) is 6.13. The van der Waals surface area contributed by atoms with E-state index in [0.717, 1.165) is 0 Å². The molecule has 2 N–H and O–H groups in total. The number of ether oxygens (including phenoxy) is 1. The molecule has 2 atom stereocenters. The van der Waals surface area contributed by atoms with Crippen LogP contribution in [-0.4, -0.2) is 34.4 Å². The number of aliphatic hydroxyl groups is 2. The highest BCUT2D eigenvalue weighted by Crippen LogP contribution is 2.17. The number of nitrogens with zero attached hydrogens (tertiary/aromatic N) is 2. The minimum Gasteiger partial charge on any atom is -0.464 e. The molecular weight excluding hydrogens is 224 g/mol. The molecule has 6 heteroatoms. The molecule has 0 spiro atoms. The van der Waals surface area contributed by atoms with Crippen LogP contribution < -0.4 is 0 Å². The summed E-state index contributed by atoms with van der Waals surface area (Å²) in [5, 5.41) is 27.5. The fourth-order valence-corrected chi connectivity index (χ4v) is 1.24. The van der Waals surface area contributed by atoms with Gasteiger partial charge in [-0.3, -0.25) is 0 Å². The van der Waals surface area contributed by atoms with Gasteiger partial charge in [0.05, 0.1) is 31.4 Å². The first-order chi connectivity index (χ1) is 8.10. The number of carbonyl (C=O) groups excluding carboxylic acids is 1. The largest absolute Gasteiger partial charge is 0.464 e. The van der Waals surface area contributed by atoms with Gasteiger partial charge in [-0.15, -0.1) is 0 Å². The third kappa shape index (κ3) is 3.24. The molecular formula is C11H12N2O4. The van der Waals surface area contributed by atoms with Crippen LogP contribution in [-0.2, 0) is 4.74 Å². The fourth-order valence-electron chi connectivity index (χ4n) is 1.24. The van der Waals surface area contributed by atoms with Crippen LogP contribution in [0, 0.1) is 11.3 Å². The highest BCUT2D eigenvalue weighted by atomic mass is 16.5. The Hall–Kier alpha value is -1.97. The van der Waals surface area contributed by atoms with E-state index in [1.807, 2.05) is 0 Å². The van der Waals surface area contributed by atoms with Crippen molar-refractivity contribution in [3.05, 3.63) is 29.6 Å². The maximum Gasteiger partial charge on any atom is 0.356 e. The van der Waals surface area contributed by atoms with Crippen molar-refractivity contribution in [2.45, 2.75) is 18.6 Å². The minimum absolute atomic E-state index is 0.0354. The summed E-state index contributed by atoms with van der Waals surface area (Å²) in [6.45, 7) is 0. The molecule has 17 heavy (non-hydrogen) atoms. The molecule has 1 aromatic rings. The van der Waals surface area contributed by atoms with Gasteiger partial charge in [-0.05, 0) is 12.1 Å². The van der Waals surface area contributed by atoms with E-state index in [9.17, 15) is 15.0 Å². The Kier molecular flexibility index (Phi) is 4.57. The Labute approximate surface area is 98.1 Å². The lowest BCUT2D eigenvalue weighted by molar-refractivity contribution is 0.0187. The van der Waals surface area contributed by atoms with Gasteiger partial charge in [0.2, 0.25) is 0 Å². The molecule has 0 aliphatic heterocycles. The average Bonchev–Trinajstić information content (AvgIpc) is 2.37. The Morgan fingerprint density at radius 2 is 2.29 bits per heavy atom. The second-order valence-electron chi connectivity index (χ2n) is 3.31. The first kappa shape index (κ1) is 13.1. The number of carbonyl (C=O) groups is 1. The molecule has 1 heterocycles. The van der Waals surface area contributed by atoms with Crippen LogP contribution in [0.25, 0.3) is 0 Å². The molecule has 0 fully saturated rings. The van der Waals surface area contributed by atoms with Crippen LogP contribution in [0.5, 0.6) is 0 Å². The van der Waals surface area contributed by atoms with Crippen molar-refractivity contribution in [2.24, 2.45) is 0 Å². The number of hydrogen-bond donors (Lipinski definition) is 2. The molecule has 0 aromatic carbocycles. The summed E-state index contributed by atoms with van der Waals surface area (Å²) in [5.41, 5.74) is 0.156. The molecule has 0 saturated carbocycles. The van der Waals surface area contributed by atoms with E-state index < -0.39 is 18.2 Å². The third-order valence-corrected chi connectivity index (χ3v) is 2.13. The molecule has 0 radical (unpaired) electrons.